The third-order valence-electron chi connectivity index (χ3n) is 4.34. The highest BCUT2D eigenvalue weighted by molar-refractivity contribution is 5.96. The van der Waals surface area contributed by atoms with Crippen molar-refractivity contribution in [3.05, 3.63) is 35.0 Å². The van der Waals surface area contributed by atoms with Crippen LogP contribution in [0.25, 0.3) is 0 Å². The Morgan fingerprint density at radius 3 is 2.77 bits per heavy atom. The van der Waals surface area contributed by atoms with Crippen LogP contribution < -0.4 is 0 Å². The summed E-state index contributed by atoms with van der Waals surface area (Å²) in [5.74, 6) is 0.598. The minimum absolute atomic E-state index is 0.00815. The highest BCUT2D eigenvalue weighted by Gasteiger charge is 2.31. The number of carbonyl (C=O) groups excluding carboxylic acids is 1. The van der Waals surface area contributed by atoms with Gasteiger partial charge in [-0.05, 0) is 32.8 Å². The zero-order valence-corrected chi connectivity index (χ0v) is 13.4. The summed E-state index contributed by atoms with van der Waals surface area (Å²) in [4.78, 5) is 15.0. The lowest BCUT2D eigenvalue weighted by molar-refractivity contribution is 0.0674. The monoisotopic (exact) mass is 302 g/mol. The highest BCUT2D eigenvalue weighted by Crippen LogP contribution is 2.31. The molecule has 0 radical (unpaired) electrons. The number of nitrogens with zero attached hydrogens (tertiary/aromatic N) is 4. The van der Waals surface area contributed by atoms with Gasteiger partial charge in [-0.3, -0.25) is 9.48 Å². The van der Waals surface area contributed by atoms with Gasteiger partial charge in [-0.25, -0.2) is 0 Å². The molecule has 1 amide bonds. The molecule has 2 aromatic heterocycles. The van der Waals surface area contributed by atoms with Crippen LogP contribution in [0.15, 0.2) is 16.8 Å². The van der Waals surface area contributed by atoms with Crippen LogP contribution in [0.3, 0.4) is 0 Å². The molecular weight excluding hydrogens is 280 g/mol. The molecule has 0 bridgehead atoms. The normalized spacial score (nSPS) is 19.2. The van der Waals surface area contributed by atoms with Gasteiger partial charge in [0.25, 0.3) is 5.91 Å². The van der Waals surface area contributed by atoms with Crippen molar-refractivity contribution in [1.29, 1.82) is 0 Å². The largest absolute Gasteiger partial charge is 0.361 e. The molecule has 1 fully saturated rings. The lowest BCUT2D eigenvalue weighted by Gasteiger charge is -2.28. The molecule has 1 aliphatic heterocycles. The van der Waals surface area contributed by atoms with Crippen molar-refractivity contribution >= 4 is 5.91 Å². The summed E-state index contributed by atoms with van der Waals surface area (Å²) < 4.78 is 6.96. The fraction of sp³-hybridized carbons (Fsp3) is 0.562. The molecule has 0 aromatic carbocycles. The third-order valence-corrected chi connectivity index (χ3v) is 4.34. The summed E-state index contributed by atoms with van der Waals surface area (Å²) in [5, 5.41) is 8.43. The Labute approximate surface area is 130 Å². The average molecular weight is 302 g/mol. The average Bonchev–Trinajstić information content (AvgIpc) is 2.96. The summed E-state index contributed by atoms with van der Waals surface area (Å²) in [5.41, 5.74) is 2.22. The van der Waals surface area contributed by atoms with Gasteiger partial charge in [-0.1, -0.05) is 18.0 Å². The van der Waals surface area contributed by atoms with E-state index in [0.29, 0.717) is 17.0 Å². The van der Waals surface area contributed by atoms with Gasteiger partial charge in [-0.15, -0.1) is 0 Å². The number of amides is 1. The number of hydrogen-bond donors (Lipinski definition) is 0. The maximum atomic E-state index is 13.0. The first-order chi connectivity index (χ1) is 10.6. The Balaban J connectivity index is 1.95. The van der Waals surface area contributed by atoms with Gasteiger partial charge in [0, 0.05) is 19.8 Å². The first-order valence-corrected chi connectivity index (χ1v) is 7.81. The molecule has 2 aromatic rings. The van der Waals surface area contributed by atoms with Crippen LogP contribution in [0.1, 0.15) is 59.2 Å². The molecule has 3 heterocycles. The van der Waals surface area contributed by atoms with E-state index >= 15 is 0 Å². The highest BCUT2D eigenvalue weighted by atomic mass is 16.5. The van der Waals surface area contributed by atoms with Crippen LogP contribution in [0, 0.1) is 13.8 Å². The number of aromatic nitrogens is 3. The molecule has 1 atom stereocenters. The van der Waals surface area contributed by atoms with Crippen LogP contribution in [0.2, 0.25) is 0 Å². The van der Waals surface area contributed by atoms with Crippen molar-refractivity contribution in [2.24, 2.45) is 7.05 Å². The molecule has 6 nitrogen and oxygen atoms in total. The summed E-state index contributed by atoms with van der Waals surface area (Å²) in [6.45, 7) is 4.36. The van der Waals surface area contributed by atoms with E-state index in [1.54, 1.807) is 11.6 Å². The van der Waals surface area contributed by atoms with Crippen molar-refractivity contribution in [1.82, 2.24) is 19.8 Å². The Kier molecular flexibility index (Phi) is 4.00. The number of aryl methyl sites for hydroxylation is 3. The minimum atomic E-state index is 0.00815. The molecule has 3 rings (SSSR count). The van der Waals surface area contributed by atoms with Crippen molar-refractivity contribution in [2.75, 3.05) is 6.54 Å². The van der Waals surface area contributed by atoms with Crippen molar-refractivity contribution < 1.29 is 9.32 Å². The van der Waals surface area contributed by atoms with E-state index in [1.807, 2.05) is 31.1 Å². The predicted octanol–water partition coefficient (Wildman–Crippen LogP) is 2.78. The minimum Gasteiger partial charge on any atom is -0.361 e. The summed E-state index contributed by atoms with van der Waals surface area (Å²) >= 11 is 0. The first kappa shape index (κ1) is 14.8. The third kappa shape index (κ3) is 2.65. The van der Waals surface area contributed by atoms with E-state index in [0.717, 1.165) is 37.9 Å². The van der Waals surface area contributed by atoms with Gasteiger partial charge < -0.3 is 9.42 Å². The van der Waals surface area contributed by atoms with Gasteiger partial charge in [0.1, 0.15) is 11.3 Å². The summed E-state index contributed by atoms with van der Waals surface area (Å²) in [6, 6.07) is 2.04. The quantitative estimate of drug-likeness (QED) is 0.855. The number of carbonyl (C=O) groups is 1. The number of hydrogen-bond acceptors (Lipinski definition) is 4. The molecular formula is C16H22N4O2. The van der Waals surface area contributed by atoms with Crippen LogP contribution in [-0.2, 0) is 7.05 Å². The molecule has 0 aliphatic carbocycles. The summed E-state index contributed by atoms with van der Waals surface area (Å²) in [6.07, 6.45) is 6.17. The molecule has 6 heteroatoms. The lowest BCUT2D eigenvalue weighted by Crippen LogP contribution is -2.35. The summed E-state index contributed by atoms with van der Waals surface area (Å²) in [7, 11) is 1.90. The van der Waals surface area contributed by atoms with Crippen molar-refractivity contribution in [3.63, 3.8) is 0 Å². The van der Waals surface area contributed by atoms with E-state index < -0.39 is 0 Å². The van der Waals surface area contributed by atoms with Crippen LogP contribution in [0.4, 0.5) is 0 Å². The van der Waals surface area contributed by atoms with Crippen molar-refractivity contribution in [2.45, 2.75) is 45.6 Å². The van der Waals surface area contributed by atoms with Gasteiger partial charge in [0.2, 0.25) is 0 Å². The predicted molar refractivity (Wildman–Crippen MR) is 81.4 cm³/mol. The standard InChI is InChI=1S/C16H22N4O2/c1-11-15(12(2)22-18-11)16(21)20-9-6-4-5-7-14(20)13-8-10-19(3)17-13/h8,10,14H,4-7,9H2,1-3H3/t14-/m0/s1. The second-order valence-corrected chi connectivity index (χ2v) is 5.98. The molecule has 1 saturated heterocycles. The van der Waals surface area contributed by atoms with Gasteiger partial charge in [-0.2, -0.15) is 5.10 Å². The SMILES string of the molecule is Cc1noc(C)c1C(=O)N1CCCCC[C@H]1c1ccn(C)n1. The maximum absolute atomic E-state index is 13.0. The molecule has 0 N–H and O–H groups in total. The topological polar surface area (TPSA) is 64.2 Å². The van der Waals surface area contributed by atoms with Crippen LogP contribution in [-0.4, -0.2) is 32.3 Å². The van der Waals surface area contributed by atoms with Gasteiger partial charge in [0.05, 0.1) is 17.4 Å². The first-order valence-electron chi connectivity index (χ1n) is 7.81. The van der Waals surface area contributed by atoms with E-state index in [9.17, 15) is 4.79 Å². The molecule has 22 heavy (non-hydrogen) atoms. The molecule has 1 aliphatic rings. The smallest absolute Gasteiger partial charge is 0.259 e. The molecule has 0 unspecified atom stereocenters. The molecule has 0 saturated carbocycles. The fourth-order valence-electron chi connectivity index (χ4n) is 3.20. The number of rotatable bonds is 2. The number of likely N-dealkylation sites (tertiary alicyclic amines) is 1. The zero-order chi connectivity index (χ0) is 15.7. The van der Waals surface area contributed by atoms with E-state index in [4.69, 9.17) is 4.52 Å². The molecule has 0 spiro atoms. The Morgan fingerprint density at radius 2 is 2.14 bits per heavy atom. The van der Waals surface area contributed by atoms with Crippen molar-refractivity contribution in [3.8, 4) is 0 Å². The van der Waals surface area contributed by atoms with E-state index in [1.165, 1.54) is 0 Å². The van der Waals surface area contributed by atoms with Gasteiger partial charge in [0.15, 0.2) is 0 Å². The Hall–Kier alpha value is -2.11. The maximum Gasteiger partial charge on any atom is 0.259 e. The fourth-order valence-corrected chi connectivity index (χ4v) is 3.20. The van der Waals surface area contributed by atoms with E-state index in [-0.39, 0.29) is 11.9 Å². The Morgan fingerprint density at radius 1 is 1.32 bits per heavy atom. The zero-order valence-electron chi connectivity index (χ0n) is 13.4. The van der Waals surface area contributed by atoms with Gasteiger partial charge >= 0.3 is 0 Å². The van der Waals surface area contributed by atoms with Crippen LogP contribution >= 0.6 is 0 Å². The molecule has 118 valence electrons. The Bertz CT molecular complexity index is 654. The second kappa shape index (κ2) is 5.94. The van der Waals surface area contributed by atoms with Crippen LogP contribution in [0.5, 0.6) is 0 Å². The lowest BCUT2D eigenvalue weighted by atomic mass is 10.1. The second-order valence-electron chi connectivity index (χ2n) is 5.98. The van der Waals surface area contributed by atoms with E-state index in [2.05, 4.69) is 10.3 Å².